The Bertz CT molecular complexity index is 1150. The minimum Gasteiger partial charge on any atom is -0.327 e. The molecule has 0 aliphatic carbocycles. The normalized spacial score (nSPS) is 11.0. The zero-order valence-corrected chi connectivity index (χ0v) is 15.2. The van der Waals surface area contributed by atoms with Gasteiger partial charge in [-0.1, -0.05) is 6.07 Å². The van der Waals surface area contributed by atoms with E-state index in [1.165, 1.54) is 12.4 Å². The molecule has 4 rings (SSSR count). The number of rotatable bonds is 4. The Balaban J connectivity index is 1.60. The molecule has 0 saturated carbocycles. The van der Waals surface area contributed by atoms with Crippen LogP contribution in [0.4, 0.5) is 28.4 Å². The van der Waals surface area contributed by atoms with Gasteiger partial charge >= 0.3 is 0 Å². The number of nitrogens with zero attached hydrogens (tertiary/aromatic N) is 3. The molecule has 142 valence electrons. The van der Waals surface area contributed by atoms with Crippen LogP contribution in [0.3, 0.4) is 0 Å². The highest BCUT2D eigenvalue weighted by atomic mass is 32.1. The lowest BCUT2D eigenvalue weighted by atomic mass is 10.1. The van der Waals surface area contributed by atoms with Gasteiger partial charge in [-0.15, -0.1) is 11.3 Å². The third-order valence-corrected chi connectivity index (χ3v) is 4.73. The van der Waals surface area contributed by atoms with Crippen LogP contribution in [0.1, 0.15) is 5.69 Å². The molecule has 1 N–H and O–H groups in total. The van der Waals surface area contributed by atoms with E-state index in [9.17, 15) is 17.6 Å². The summed E-state index contributed by atoms with van der Waals surface area (Å²) in [6.45, 7) is 1.80. The Morgan fingerprint density at radius 1 is 1.00 bits per heavy atom. The SMILES string of the molecule is Cc1cn(-c2ccc(-c3csc(Nc4c(F)cc(F)cc4F)n3)cc2F)cn1. The second kappa shape index (κ2) is 7.08. The fraction of sp³-hybridized carbons (Fsp3) is 0.0526. The van der Waals surface area contributed by atoms with Crippen molar-refractivity contribution in [1.29, 1.82) is 0 Å². The van der Waals surface area contributed by atoms with Crippen LogP contribution < -0.4 is 5.32 Å². The van der Waals surface area contributed by atoms with Gasteiger partial charge in [-0.2, -0.15) is 0 Å². The first kappa shape index (κ1) is 18.2. The fourth-order valence-electron chi connectivity index (χ4n) is 2.66. The van der Waals surface area contributed by atoms with Crippen molar-refractivity contribution in [2.24, 2.45) is 0 Å². The summed E-state index contributed by atoms with van der Waals surface area (Å²) in [5.41, 5.74) is 1.54. The van der Waals surface area contributed by atoms with Crippen LogP contribution in [-0.4, -0.2) is 14.5 Å². The van der Waals surface area contributed by atoms with Crippen molar-refractivity contribution < 1.29 is 17.6 Å². The van der Waals surface area contributed by atoms with Gasteiger partial charge in [0.25, 0.3) is 0 Å². The Labute approximate surface area is 161 Å². The molecule has 2 heterocycles. The zero-order valence-electron chi connectivity index (χ0n) is 14.4. The molecule has 9 heteroatoms. The zero-order chi connectivity index (χ0) is 19.8. The molecule has 0 fully saturated rings. The highest BCUT2D eigenvalue weighted by molar-refractivity contribution is 7.14. The van der Waals surface area contributed by atoms with Crippen LogP contribution in [0.2, 0.25) is 0 Å². The minimum atomic E-state index is -1.07. The van der Waals surface area contributed by atoms with Crippen LogP contribution in [0.15, 0.2) is 48.2 Å². The summed E-state index contributed by atoms with van der Waals surface area (Å²) in [5, 5.41) is 4.31. The molecular formula is C19H12F4N4S. The van der Waals surface area contributed by atoms with E-state index in [1.54, 1.807) is 35.2 Å². The van der Waals surface area contributed by atoms with Crippen LogP contribution in [0.5, 0.6) is 0 Å². The number of hydrogen-bond donors (Lipinski definition) is 1. The van der Waals surface area contributed by atoms with Crippen molar-refractivity contribution >= 4 is 22.2 Å². The standard InChI is InChI=1S/C19H12F4N4S/c1-10-7-27(9-24-10)17-3-2-11(4-13(17)21)16-8-28-19(25-16)26-18-14(22)5-12(20)6-15(18)23/h2-9H,1H3,(H,25,26). The molecule has 0 bridgehead atoms. The van der Waals surface area contributed by atoms with Gasteiger partial charge in [0.05, 0.1) is 23.4 Å². The quantitative estimate of drug-likeness (QED) is 0.450. The number of benzene rings is 2. The Morgan fingerprint density at radius 2 is 1.75 bits per heavy atom. The summed E-state index contributed by atoms with van der Waals surface area (Å²) in [6.07, 6.45) is 3.22. The summed E-state index contributed by atoms with van der Waals surface area (Å²) in [6, 6.07) is 5.75. The third kappa shape index (κ3) is 3.48. The van der Waals surface area contributed by atoms with Crippen LogP contribution in [0.25, 0.3) is 16.9 Å². The minimum absolute atomic E-state index is 0.189. The first-order chi connectivity index (χ1) is 13.4. The molecule has 0 amide bonds. The van der Waals surface area contributed by atoms with E-state index in [-0.39, 0.29) is 5.13 Å². The number of halogens is 4. The molecular weight excluding hydrogens is 392 g/mol. The van der Waals surface area contributed by atoms with Crippen molar-refractivity contribution in [3.05, 3.63) is 77.2 Å². The lowest BCUT2D eigenvalue weighted by Gasteiger charge is -2.06. The van der Waals surface area contributed by atoms with Gasteiger partial charge in [0.2, 0.25) is 0 Å². The highest BCUT2D eigenvalue weighted by Crippen LogP contribution is 2.31. The largest absolute Gasteiger partial charge is 0.327 e. The van der Waals surface area contributed by atoms with E-state index in [0.717, 1.165) is 17.0 Å². The molecule has 0 saturated heterocycles. The number of anilines is 2. The smallest absolute Gasteiger partial charge is 0.187 e. The lowest BCUT2D eigenvalue weighted by Crippen LogP contribution is -1.98. The molecule has 4 nitrogen and oxygen atoms in total. The summed E-state index contributed by atoms with van der Waals surface area (Å²) in [4.78, 5) is 8.29. The molecule has 0 unspecified atom stereocenters. The predicted octanol–water partition coefficient (Wildman–Crippen LogP) is 5.60. The second-order valence-corrected chi connectivity index (χ2v) is 6.85. The average Bonchev–Trinajstić information content (AvgIpc) is 3.27. The molecule has 0 spiro atoms. The van der Waals surface area contributed by atoms with Gasteiger partial charge in [-0.05, 0) is 19.1 Å². The molecule has 0 atom stereocenters. The van der Waals surface area contributed by atoms with Gasteiger partial charge in [0, 0.05) is 29.3 Å². The van der Waals surface area contributed by atoms with Crippen molar-refractivity contribution in [3.8, 4) is 16.9 Å². The van der Waals surface area contributed by atoms with E-state index in [0.29, 0.717) is 29.1 Å². The first-order valence-electron chi connectivity index (χ1n) is 8.08. The fourth-order valence-corrected chi connectivity index (χ4v) is 3.38. The van der Waals surface area contributed by atoms with Crippen molar-refractivity contribution in [2.45, 2.75) is 6.92 Å². The monoisotopic (exact) mass is 404 g/mol. The van der Waals surface area contributed by atoms with E-state index in [2.05, 4.69) is 15.3 Å². The third-order valence-electron chi connectivity index (χ3n) is 3.98. The number of imidazole rings is 1. The maximum Gasteiger partial charge on any atom is 0.187 e. The maximum absolute atomic E-state index is 14.5. The van der Waals surface area contributed by atoms with Crippen LogP contribution in [0, 0.1) is 30.2 Å². The predicted molar refractivity (Wildman–Crippen MR) is 99.0 cm³/mol. The van der Waals surface area contributed by atoms with Crippen molar-refractivity contribution in [1.82, 2.24) is 14.5 Å². The van der Waals surface area contributed by atoms with E-state index >= 15 is 0 Å². The highest BCUT2D eigenvalue weighted by Gasteiger charge is 2.15. The summed E-state index contributed by atoms with van der Waals surface area (Å²) >= 11 is 1.08. The summed E-state index contributed by atoms with van der Waals surface area (Å²) in [7, 11) is 0. The molecule has 0 aliphatic rings. The van der Waals surface area contributed by atoms with Crippen molar-refractivity contribution in [2.75, 3.05) is 5.32 Å². The molecule has 4 aromatic rings. The summed E-state index contributed by atoms with van der Waals surface area (Å²) < 4.78 is 56.6. The molecule has 2 aromatic heterocycles. The average molecular weight is 404 g/mol. The van der Waals surface area contributed by atoms with Gasteiger partial charge < -0.3 is 9.88 Å². The van der Waals surface area contributed by atoms with Gasteiger partial charge in [-0.25, -0.2) is 27.5 Å². The number of aromatic nitrogens is 3. The van der Waals surface area contributed by atoms with E-state index in [1.807, 2.05) is 0 Å². The lowest BCUT2D eigenvalue weighted by molar-refractivity contribution is 0.549. The second-order valence-electron chi connectivity index (χ2n) is 6.00. The number of hydrogen-bond acceptors (Lipinski definition) is 4. The molecule has 0 aliphatic heterocycles. The Kier molecular flexibility index (Phi) is 4.60. The van der Waals surface area contributed by atoms with Gasteiger partial charge in [-0.3, -0.25) is 0 Å². The first-order valence-corrected chi connectivity index (χ1v) is 8.96. The van der Waals surface area contributed by atoms with Gasteiger partial charge in [0.1, 0.15) is 17.3 Å². The van der Waals surface area contributed by atoms with E-state index < -0.39 is 29.0 Å². The van der Waals surface area contributed by atoms with Crippen molar-refractivity contribution in [3.63, 3.8) is 0 Å². The molecule has 28 heavy (non-hydrogen) atoms. The number of aryl methyl sites for hydroxylation is 1. The molecule has 0 radical (unpaired) electrons. The Hall–Kier alpha value is -3.20. The Morgan fingerprint density at radius 3 is 2.39 bits per heavy atom. The number of nitrogens with one attached hydrogen (secondary N) is 1. The number of thiazole rings is 1. The summed E-state index contributed by atoms with van der Waals surface area (Å²) in [5.74, 6) is -3.61. The molecule has 2 aromatic carbocycles. The maximum atomic E-state index is 14.5. The van der Waals surface area contributed by atoms with Crippen LogP contribution >= 0.6 is 11.3 Å². The van der Waals surface area contributed by atoms with E-state index in [4.69, 9.17) is 0 Å². The van der Waals surface area contributed by atoms with Crippen LogP contribution in [-0.2, 0) is 0 Å². The van der Waals surface area contributed by atoms with Gasteiger partial charge in [0.15, 0.2) is 16.8 Å². The topological polar surface area (TPSA) is 42.7 Å².